The van der Waals surface area contributed by atoms with Crippen molar-refractivity contribution in [1.82, 2.24) is 14.8 Å². The van der Waals surface area contributed by atoms with Gasteiger partial charge >= 0.3 is 5.97 Å². The molecule has 1 atom stereocenters. The molecule has 2 heterocycles. The number of hydrogen-bond donors (Lipinski definition) is 2. The van der Waals surface area contributed by atoms with E-state index in [0.29, 0.717) is 11.1 Å². The van der Waals surface area contributed by atoms with Gasteiger partial charge in [0.15, 0.2) is 6.04 Å². The Morgan fingerprint density at radius 1 is 1.52 bits per heavy atom. The number of aromatic nitrogens is 3. The fourth-order valence-electron chi connectivity index (χ4n) is 1.82. The normalized spacial score (nSPS) is 11.9. The van der Waals surface area contributed by atoms with Crippen LogP contribution in [0.3, 0.4) is 0 Å². The number of nitrogens with zero attached hydrogens (tertiary/aromatic N) is 4. The first-order valence-electron chi connectivity index (χ1n) is 5.97. The number of carbonyl (C=O) groups is 1. The average molecular weight is 291 g/mol. The fourth-order valence-corrected chi connectivity index (χ4v) is 1.82. The summed E-state index contributed by atoms with van der Waals surface area (Å²) in [5.41, 5.74) is 0.801. The molecule has 21 heavy (non-hydrogen) atoms. The molecule has 0 aliphatic heterocycles. The van der Waals surface area contributed by atoms with Gasteiger partial charge in [-0.2, -0.15) is 5.10 Å². The molecule has 0 bridgehead atoms. The number of carboxylic acids is 1. The number of carboxylic acid groups (broad SMARTS) is 1. The Hall–Kier alpha value is -2.97. The van der Waals surface area contributed by atoms with Crippen LogP contribution in [0.4, 0.5) is 11.5 Å². The SMILES string of the molecule is Cc1cc([N+](=O)[O-])cnc1NC(C(=O)O)c1cnn(C)c1. The highest BCUT2D eigenvalue weighted by Crippen LogP contribution is 2.23. The van der Waals surface area contributed by atoms with Crippen molar-refractivity contribution in [2.75, 3.05) is 5.32 Å². The van der Waals surface area contributed by atoms with Gasteiger partial charge in [-0.3, -0.25) is 14.8 Å². The van der Waals surface area contributed by atoms with Crippen LogP contribution in [0, 0.1) is 17.0 Å². The van der Waals surface area contributed by atoms with Crippen LogP contribution in [-0.4, -0.2) is 30.8 Å². The molecule has 0 radical (unpaired) electrons. The Kier molecular flexibility index (Phi) is 3.83. The van der Waals surface area contributed by atoms with E-state index in [1.54, 1.807) is 20.2 Å². The molecule has 2 N–H and O–H groups in total. The van der Waals surface area contributed by atoms with Crippen LogP contribution in [0.25, 0.3) is 0 Å². The van der Waals surface area contributed by atoms with Crippen LogP contribution in [0.5, 0.6) is 0 Å². The number of aliphatic carboxylic acids is 1. The molecule has 2 aromatic heterocycles. The third kappa shape index (κ3) is 3.14. The highest BCUT2D eigenvalue weighted by molar-refractivity contribution is 5.79. The summed E-state index contributed by atoms with van der Waals surface area (Å²) in [6, 6.07) is 0.295. The number of rotatable bonds is 5. The van der Waals surface area contributed by atoms with E-state index in [1.165, 1.54) is 16.9 Å². The van der Waals surface area contributed by atoms with E-state index in [4.69, 9.17) is 0 Å². The van der Waals surface area contributed by atoms with E-state index in [9.17, 15) is 20.0 Å². The van der Waals surface area contributed by atoms with Crippen LogP contribution in [0.1, 0.15) is 17.2 Å². The second-order valence-electron chi connectivity index (χ2n) is 4.48. The Balaban J connectivity index is 2.29. The molecule has 0 aromatic carbocycles. The average Bonchev–Trinajstić information content (AvgIpc) is 2.83. The smallest absolute Gasteiger partial charge is 0.330 e. The summed E-state index contributed by atoms with van der Waals surface area (Å²) in [6.07, 6.45) is 4.09. The lowest BCUT2D eigenvalue weighted by molar-refractivity contribution is -0.385. The van der Waals surface area contributed by atoms with Crippen molar-refractivity contribution in [2.24, 2.45) is 7.05 Å². The third-order valence-corrected chi connectivity index (χ3v) is 2.86. The zero-order valence-corrected chi connectivity index (χ0v) is 11.3. The van der Waals surface area contributed by atoms with Crippen molar-refractivity contribution >= 4 is 17.5 Å². The minimum atomic E-state index is -1.09. The van der Waals surface area contributed by atoms with Crippen molar-refractivity contribution in [1.29, 1.82) is 0 Å². The summed E-state index contributed by atoms with van der Waals surface area (Å²) in [4.78, 5) is 25.4. The summed E-state index contributed by atoms with van der Waals surface area (Å²) >= 11 is 0. The van der Waals surface area contributed by atoms with Gasteiger partial charge in [-0.05, 0) is 12.5 Å². The first-order valence-corrected chi connectivity index (χ1v) is 5.97. The van der Waals surface area contributed by atoms with E-state index in [-0.39, 0.29) is 11.5 Å². The number of hydrogen-bond acceptors (Lipinski definition) is 6. The molecule has 0 aliphatic rings. The van der Waals surface area contributed by atoms with E-state index in [1.807, 2.05) is 0 Å². The highest BCUT2D eigenvalue weighted by Gasteiger charge is 2.23. The number of nitrogens with one attached hydrogen (secondary N) is 1. The maximum Gasteiger partial charge on any atom is 0.330 e. The molecular formula is C12H13N5O4. The number of nitro groups is 1. The molecule has 110 valence electrons. The quantitative estimate of drug-likeness (QED) is 0.628. The van der Waals surface area contributed by atoms with Crippen LogP contribution in [-0.2, 0) is 11.8 Å². The Morgan fingerprint density at radius 2 is 2.24 bits per heavy atom. The topological polar surface area (TPSA) is 123 Å². The van der Waals surface area contributed by atoms with Crippen LogP contribution in [0.15, 0.2) is 24.7 Å². The minimum Gasteiger partial charge on any atom is -0.479 e. The first-order chi connectivity index (χ1) is 9.88. The Morgan fingerprint density at radius 3 is 2.71 bits per heavy atom. The fraction of sp³-hybridized carbons (Fsp3) is 0.250. The monoisotopic (exact) mass is 291 g/mol. The zero-order valence-electron chi connectivity index (χ0n) is 11.3. The van der Waals surface area contributed by atoms with Crippen LogP contribution in [0.2, 0.25) is 0 Å². The Labute approximate surface area is 119 Å². The molecule has 9 nitrogen and oxygen atoms in total. The van der Waals surface area contributed by atoms with Gasteiger partial charge in [-0.1, -0.05) is 0 Å². The maximum absolute atomic E-state index is 11.4. The highest BCUT2D eigenvalue weighted by atomic mass is 16.6. The maximum atomic E-state index is 11.4. The molecule has 0 fully saturated rings. The van der Waals surface area contributed by atoms with E-state index >= 15 is 0 Å². The van der Waals surface area contributed by atoms with Gasteiger partial charge in [0.1, 0.15) is 12.0 Å². The summed E-state index contributed by atoms with van der Waals surface area (Å²) in [5.74, 6) is -0.820. The van der Waals surface area contributed by atoms with Gasteiger partial charge in [0, 0.05) is 24.9 Å². The second kappa shape index (κ2) is 5.57. The first kappa shape index (κ1) is 14.4. The minimum absolute atomic E-state index is 0.147. The summed E-state index contributed by atoms with van der Waals surface area (Å²) in [6.45, 7) is 1.62. The van der Waals surface area contributed by atoms with Crippen LogP contribution >= 0.6 is 0 Å². The van der Waals surface area contributed by atoms with Crippen molar-refractivity contribution < 1.29 is 14.8 Å². The van der Waals surface area contributed by atoms with Gasteiger partial charge in [0.05, 0.1) is 11.1 Å². The molecule has 0 saturated carbocycles. The van der Waals surface area contributed by atoms with Gasteiger partial charge in [-0.25, -0.2) is 9.78 Å². The van der Waals surface area contributed by atoms with E-state index in [0.717, 1.165) is 6.20 Å². The van der Waals surface area contributed by atoms with Crippen molar-refractivity contribution in [2.45, 2.75) is 13.0 Å². The predicted molar refractivity (Wildman–Crippen MR) is 72.8 cm³/mol. The molecule has 0 aliphatic carbocycles. The number of aryl methyl sites for hydroxylation is 2. The van der Waals surface area contributed by atoms with E-state index < -0.39 is 16.9 Å². The standard InChI is InChI=1S/C12H13N5O4/c1-7-3-9(17(20)21)5-13-11(7)15-10(12(18)19)8-4-14-16(2)6-8/h3-6,10H,1-2H3,(H,13,15)(H,18,19). The van der Waals surface area contributed by atoms with Gasteiger partial charge in [0.2, 0.25) is 0 Å². The molecule has 1 unspecified atom stereocenters. The van der Waals surface area contributed by atoms with Crippen molar-refractivity contribution in [3.8, 4) is 0 Å². The lowest BCUT2D eigenvalue weighted by atomic mass is 10.1. The number of anilines is 1. The number of pyridine rings is 1. The lowest BCUT2D eigenvalue weighted by Crippen LogP contribution is -2.21. The van der Waals surface area contributed by atoms with Crippen molar-refractivity contribution in [3.05, 3.63) is 45.9 Å². The summed E-state index contributed by atoms with van der Waals surface area (Å²) in [7, 11) is 1.68. The van der Waals surface area contributed by atoms with E-state index in [2.05, 4.69) is 15.4 Å². The molecule has 2 rings (SSSR count). The molecule has 0 spiro atoms. The van der Waals surface area contributed by atoms with Gasteiger partial charge in [0.25, 0.3) is 5.69 Å². The molecular weight excluding hydrogens is 278 g/mol. The van der Waals surface area contributed by atoms with Gasteiger partial charge in [-0.15, -0.1) is 0 Å². The zero-order chi connectivity index (χ0) is 15.6. The largest absolute Gasteiger partial charge is 0.479 e. The lowest BCUT2D eigenvalue weighted by Gasteiger charge is -2.14. The third-order valence-electron chi connectivity index (χ3n) is 2.86. The summed E-state index contributed by atoms with van der Waals surface area (Å²) < 4.78 is 1.49. The molecule has 9 heteroatoms. The molecule has 0 saturated heterocycles. The second-order valence-corrected chi connectivity index (χ2v) is 4.48. The summed E-state index contributed by atoms with van der Waals surface area (Å²) in [5, 5.41) is 26.6. The molecule has 0 amide bonds. The van der Waals surface area contributed by atoms with Crippen molar-refractivity contribution in [3.63, 3.8) is 0 Å². The predicted octanol–water partition coefficient (Wildman–Crippen LogP) is 1.27. The Bertz CT molecular complexity index is 697. The van der Waals surface area contributed by atoms with Crippen LogP contribution < -0.4 is 5.32 Å². The molecule has 2 aromatic rings. The van der Waals surface area contributed by atoms with Gasteiger partial charge < -0.3 is 10.4 Å².